The summed E-state index contributed by atoms with van der Waals surface area (Å²) in [6, 6.07) is 3.98. The maximum atomic E-state index is 13.4. The van der Waals surface area contributed by atoms with Crippen LogP contribution in [0.25, 0.3) is 0 Å². The number of nitrogens with zero attached hydrogens (tertiary/aromatic N) is 5. The zero-order valence-electron chi connectivity index (χ0n) is 22.1. The van der Waals surface area contributed by atoms with E-state index in [4.69, 9.17) is 5.14 Å². The minimum Gasteiger partial charge on any atom is -0.396 e. The fourth-order valence-electron chi connectivity index (χ4n) is 5.12. The van der Waals surface area contributed by atoms with Crippen molar-refractivity contribution in [1.82, 2.24) is 23.4 Å². The average Bonchev–Trinajstić information content (AvgIpc) is 3.58. The lowest BCUT2D eigenvalue weighted by Crippen LogP contribution is -2.38. The summed E-state index contributed by atoms with van der Waals surface area (Å²) in [4.78, 5) is 7.77. The van der Waals surface area contributed by atoms with Crippen LogP contribution in [0.5, 0.6) is 0 Å². The molecule has 0 saturated carbocycles. The molecule has 1 aromatic carbocycles. The summed E-state index contributed by atoms with van der Waals surface area (Å²) in [5.41, 5.74) is 1.08. The predicted octanol–water partition coefficient (Wildman–Crippen LogP) is 1.72. The quantitative estimate of drug-likeness (QED) is 0.275. The average molecular weight is 580 g/mol. The van der Waals surface area contributed by atoms with Gasteiger partial charge in [0.15, 0.2) is 0 Å². The second-order valence-electron chi connectivity index (χ2n) is 10.0. The van der Waals surface area contributed by atoms with Gasteiger partial charge in [-0.25, -0.2) is 31.9 Å². The number of hydrogen-bond donors (Lipinski definition) is 3. The highest BCUT2D eigenvalue weighted by Gasteiger charge is 2.31. The molecule has 4 N–H and O–H groups in total. The number of rotatable bonds is 13. The number of aromatic nitrogens is 4. The van der Waals surface area contributed by atoms with Crippen molar-refractivity contribution >= 4 is 25.7 Å². The molecular formula is C25H37N7O5S2. The number of nitrogens with one attached hydrogen (secondary N) is 1. The van der Waals surface area contributed by atoms with E-state index >= 15 is 0 Å². The first kappa shape index (κ1) is 29.2. The Labute approximate surface area is 230 Å². The Kier molecular flexibility index (Phi) is 9.43. The third-order valence-electron chi connectivity index (χ3n) is 7.35. The zero-order chi connectivity index (χ0) is 28.0. The van der Waals surface area contributed by atoms with Crippen molar-refractivity contribution in [3.8, 4) is 0 Å². The van der Waals surface area contributed by atoms with Crippen LogP contribution in [0.4, 0.5) is 5.69 Å². The summed E-state index contributed by atoms with van der Waals surface area (Å²) in [6.07, 6.45) is 12.8. The highest BCUT2D eigenvalue weighted by Crippen LogP contribution is 2.30. The predicted molar refractivity (Wildman–Crippen MR) is 147 cm³/mol. The Bertz CT molecular complexity index is 1430. The van der Waals surface area contributed by atoms with Crippen molar-refractivity contribution < 1.29 is 21.9 Å². The van der Waals surface area contributed by atoms with Gasteiger partial charge in [-0.2, -0.15) is 4.31 Å². The van der Waals surface area contributed by atoms with E-state index in [1.165, 1.54) is 16.4 Å². The van der Waals surface area contributed by atoms with Crippen molar-refractivity contribution in [1.29, 1.82) is 0 Å². The smallest absolute Gasteiger partial charge is 0.243 e. The maximum Gasteiger partial charge on any atom is 0.243 e. The number of piperidine rings is 1. The number of sulfonamides is 2. The fraction of sp³-hybridized carbons (Fsp3) is 0.520. The van der Waals surface area contributed by atoms with Crippen molar-refractivity contribution in [2.75, 3.05) is 31.6 Å². The Morgan fingerprint density at radius 3 is 2.54 bits per heavy atom. The molecule has 3 aromatic rings. The first-order valence-corrected chi connectivity index (χ1v) is 16.0. The molecule has 1 aliphatic rings. The number of hydrogen-bond acceptors (Lipinski definition) is 8. The molecule has 39 heavy (non-hydrogen) atoms. The lowest BCUT2D eigenvalue weighted by Gasteiger charge is -2.31. The molecule has 1 atom stereocenters. The number of primary sulfonamides is 1. The molecule has 1 saturated heterocycles. The van der Waals surface area contributed by atoms with Gasteiger partial charge in [0.1, 0.15) is 4.90 Å². The van der Waals surface area contributed by atoms with Crippen LogP contribution in [0.15, 0.2) is 59.2 Å². The van der Waals surface area contributed by atoms with E-state index in [1.54, 1.807) is 25.0 Å². The van der Waals surface area contributed by atoms with E-state index in [9.17, 15) is 21.9 Å². The lowest BCUT2D eigenvalue weighted by atomic mass is 9.93. The minimum absolute atomic E-state index is 0.0575. The van der Waals surface area contributed by atoms with Crippen molar-refractivity contribution in [3.63, 3.8) is 0 Å². The largest absolute Gasteiger partial charge is 0.396 e. The number of imidazole rings is 2. The van der Waals surface area contributed by atoms with Crippen molar-refractivity contribution in [3.05, 3.63) is 55.1 Å². The van der Waals surface area contributed by atoms with Crippen LogP contribution in [0.1, 0.15) is 43.7 Å². The SMILES string of the molecule is Cn1cncc1C(CCO)CNc1ccc(S(=O)(=O)N2CCC(CCCn3ccnc3)CC2)cc1S(N)(=O)=O. The van der Waals surface area contributed by atoms with Gasteiger partial charge in [0.2, 0.25) is 20.0 Å². The van der Waals surface area contributed by atoms with Crippen LogP contribution >= 0.6 is 0 Å². The number of benzene rings is 1. The van der Waals surface area contributed by atoms with Crippen LogP contribution in [-0.4, -0.2) is 71.6 Å². The Morgan fingerprint density at radius 2 is 1.92 bits per heavy atom. The number of aryl methyl sites for hydroxylation is 2. The molecule has 0 amide bonds. The van der Waals surface area contributed by atoms with Gasteiger partial charge >= 0.3 is 0 Å². The molecule has 2 aromatic heterocycles. The van der Waals surface area contributed by atoms with Gasteiger partial charge in [0.25, 0.3) is 0 Å². The van der Waals surface area contributed by atoms with Gasteiger partial charge in [0.05, 0.1) is 23.2 Å². The normalized spacial score (nSPS) is 16.4. The molecule has 14 heteroatoms. The van der Waals surface area contributed by atoms with Gasteiger partial charge in [-0.3, -0.25) is 0 Å². The van der Waals surface area contributed by atoms with E-state index in [0.29, 0.717) is 32.0 Å². The monoisotopic (exact) mass is 579 g/mol. The first-order valence-electron chi connectivity index (χ1n) is 13.0. The van der Waals surface area contributed by atoms with Gasteiger partial charge in [-0.1, -0.05) is 0 Å². The van der Waals surface area contributed by atoms with Crippen LogP contribution in [0.2, 0.25) is 0 Å². The van der Waals surface area contributed by atoms with Crippen molar-refractivity contribution in [2.24, 2.45) is 18.1 Å². The van der Waals surface area contributed by atoms with Gasteiger partial charge < -0.3 is 19.6 Å². The topological polar surface area (TPSA) is 165 Å². The van der Waals surface area contributed by atoms with E-state index < -0.39 is 20.0 Å². The molecular weight excluding hydrogens is 542 g/mol. The summed E-state index contributed by atoms with van der Waals surface area (Å²) in [6.45, 7) is 1.89. The lowest BCUT2D eigenvalue weighted by molar-refractivity contribution is 0.258. The summed E-state index contributed by atoms with van der Waals surface area (Å²) < 4.78 is 57.1. The van der Waals surface area contributed by atoms with Crippen LogP contribution in [0, 0.1) is 5.92 Å². The van der Waals surface area contributed by atoms with E-state index in [1.807, 2.05) is 22.4 Å². The van der Waals surface area contributed by atoms with E-state index in [2.05, 4.69) is 15.3 Å². The number of aliphatic hydroxyl groups excluding tert-OH is 1. The molecule has 214 valence electrons. The molecule has 4 rings (SSSR count). The molecule has 0 aliphatic carbocycles. The van der Waals surface area contributed by atoms with Crippen LogP contribution in [-0.2, 0) is 33.6 Å². The van der Waals surface area contributed by atoms with E-state index in [0.717, 1.165) is 44.0 Å². The number of aliphatic hydroxyl groups is 1. The summed E-state index contributed by atoms with van der Waals surface area (Å²) in [7, 11) is -6.28. The van der Waals surface area contributed by atoms with Gasteiger partial charge in [-0.15, -0.1) is 0 Å². The highest BCUT2D eigenvalue weighted by molar-refractivity contribution is 7.90. The van der Waals surface area contributed by atoms with E-state index in [-0.39, 0.29) is 28.0 Å². The first-order chi connectivity index (χ1) is 18.6. The number of anilines is 1. The second kappa shape index (κ2) is 12.6. The second-order valence-corrected chi connectivity index (χ2v) is 13.5. The minimum atomic E-state index is -4.23. The fourth-order valence-corrected chi connectivity index (χ4v) is 7.43. The molecule has 1 fully saturated rings. The molecule has 12 nitrogen and oxygen atoms in total. The van der Waals surface area contributed by atoms with Crippen LogP contribution < -0.4 is 10.5 Å². The third-order valence-corrected chi connectivity index (χ3v) is 10.2. The standard InChI is InChI=1S/C25H37N7O5S2/c1-30-18-28-17-24(30)21(8-14-33)16-29-23-5-4-22(15-25(23)38(26,34)35)39(36,37)32-11-6-20(7-12-32)3-2-10-31-13-9-27-19-31/h4-5,9,13,15,17-21,29,33H,2-3,6-8,10-12,14,16H2,1H3,(H2,26,34,35). The Balaban J connectivity index is 1.43. The molecule has 1 aliphatic heterocycles. The summed E-state index contributed by atoms with van der Waals surface area (Å²) in [5, 5.41) is 18.1. The zero-order valence-corrected chi connectivity index (χ0v) is 23.7. The maximum absolute atomic E-state index is 13.4. The molecule has 1 unspecified atom stereocenters. The Morgan fingerprint density at radius 1 is 1.15 bits per heavy atom. The van der Waals surface area contributed by atoms with Crippen molar-refractivity contribution in [2.45, 2.75) is 54.4 Å². The van der Waals surface area contributed by atoms with Gasteiger partial charge in [0, 0.05) is 70.0 Å². The molecule has 0 spiro atoms. The molecule has 0 bridgehead atoms. The number of nitrogens with two attached hydrogens (primary N) is 1. The molecule has 3 heterocycles. The van der Waals surface area contributed by atoms with Gasteiger partial charge in [-0.05, 0) is 56.2 Å². The summed E-state index contributed by atoms with van der Waals surface area (Å²) in [5.74, 6) is 0.290. The Hall–Kier alpha value is -2.78. The summed E-state index contributed by atoms with van der Waals surface area (Å²) >= 11 is 0. The third kappa shape index (κ3) is 7.25. The highest BCUT2D eigenvalue weighted by atomic mass is 32.2. The molecule has 0 radical (unpaired) electrons. The van der Waals surface area contributed by atoms with Crippen LogP contribution in [0.3, 0.4) is 0 Å².